The minimum atomic E-state index is -4.40. The molecule has 0 N–H and O–H groups in total. The van der Waals surface area contributed by atoms with Gasteiger partial charge in [-0.15, -0.1) is 0 Å². The van der Waals surface area contributed by atoms with Crippen LogP contribution in [0.25, 0.3) is 0 Å². The minimum absolute atomic E-state index is 0.256. The molecule has 0 radical (unpaired) electrons. The molecule has 0 unspecified atom stereocenters. The fraction of sp³-hybridized carbons (Fsp3) is 0.455. The van der Waals surface area contributed by atoms with E-state index in [0.717, 1.165) is 47.8 Å². The zero-order chi connectivity index (χ0) is 25.1. The normalized spacial score (nSPS) is 20.1. The monoisotopic (exact) mass is 492 g/mol. The van der Waals surface area contributed by atoms with Crippen LogP contribution < -0.4 is 19.6 Å². The fourth-order valence-electron chi connectivity index (χ4n) is 5.28. The van der Waals surface area contributed by atoms with E-state index < -0.39 is 80.1 Å². The summed E-state index contributed by atoms with van der Waals surface area (Å²) in [6.07, 6.45) is 0. The molecular weight excluding hydrogens is 472 g/mol. The summed E-state index contributed by atoms with van der Waals surface area (Å²) in [5.74, 6) is -15.6. The highest BCUT2D eigenvalue weighted by molar-refractivity contribution is 5.83. The average Bonchev–Trinajstić information content (AvgIpc) is 2.79. The molecule has 0 spiro atoms. The quantitative estimate of drug-likeness (QED) is 0.498. The SMILES string of the molecule is CN1CCN(C)c2c(F)c(F)c3c4c2C(F)(F)c2c1c(F)c(F)c(c2C4(F)F)N(C)CCN3C. The predicted molar refractivity (Wildman–Crippen MR) is 112 cm³/mol. The van der Waals surface area contributed by atoms with Gasteiger partial charge in [0.2, 0.25) is 0 Å². The van der Waals surface area contributed by atoms with Gasteiger partial charge in [-0.05, 0) is 0 Å². The van der Waals surface area contributed by atoms with Crippen LogP contribution in [0.3, 0.4) is 0 Å². The van der Waals surface area contributed by atoms with Crippen molar-refractivity contribution in [3.63, 3.8) is 0 Å². The smallest absolute Gasteiger partial charge is 0.303 e. The van der Waals surface area contributed by atoms with Crippen molar-refractivity contribution in [2.24, 2.45) is 0 Å². The van der Waals surface area contributed by atoms with Crippen LogP contribution in [0, 0.1) is 23.3 Å². The summed E-state index contributed by atoms with van der Waals surface area (Å²) in [5, 5.41) is 0. The van der Waals surface area contributed by atoms with Crippen LogP contribution >= 0.6 is 0 Å². The number of likely N-dealkylation sites (N-methyl/N-ethyl adjacent to an activating group) is 4. The van der Waals surface area contributed by atoms with E-state index in [1.165, 1.54) is 0 Å². The summed E-state index contributed by atoms with van der Waals surface area (Å²) in [6.45, 7) is -1.03. The predicted octanol–water partition coefficient (Wildman–Crippen LogP) is 4.61. The Balaban J connectivity index is 2.15. The summed E-state index contributed by atoms with van der Waals surface area (Å²) in [6, 6.07) is 0. The molecule has 4 bridgehead atoms. The Labute approximate surface area is 189 Å². The largest absolute Gasteiger partial charge is 0.370 e. The first-order chi connectivity index (χ1) is 15.7. The molecule has 34 heavy (non-hydrogen) atoms. The first-order valence-electron chi connectivity index (χ1n) is 10.5. The zero-order valence-corrected chi connectivity index (χ0v) is 18.6. The van der Waals surface area contributed by atoms with Crippen molar-refractivity contribution >= 4 is 22.7 Å². The molecule has 2 aromatic rings. The Morgan fingerprint density at radius 3 is 0.794 bits per heavy atom. The van der Waals surface area contributed by atoms with Gasteiger partial charge < -0.3 is 19.6 Å². The Hall–Kier alpha value is -2.92. The summed E-state index contributed by atoms with van der Waals surface area (Å²) < 4.78 is 127. The van der Waals surface area contributed by atoms with E-state index in [2.05, 4.69) is 0 Å². The molecule has 0 amide bonds. The maximum absolute atomic E-state index is 16.3. The Morgan fingerprint density at radius 1 is 0.441 bits per heavy atom. The van der Waals surface area contributed by atoms with Gasteiger partial charge in [-0.25, -0.2) is 17.6 Å². The minimum Gasteiger partial charge on any atom is -0.370 e. The lowest BCUT2D eigenvalue weighted by Gasteiger charge is -2.40. The molecule has 0 aromatic heterocycles. The van der Waals surface area contributed by atoms with Crippen molar-refractivity contribution < 1.29 is 35.1 Å². The molecule has 1 aliphatic carbocycles. The van der Waals surface area contributed by atoms with Gasteiger partial charge in [0, 0.05) is 54.4 Å². The van der Waals surface area contributed by atoms with Gasteiger partial charge in [0.25, 0.3) is 0 Å². The molecule has 2 aliphatic heterocycles. The molecule has 0 atom stereocenters. The van der Waals surface area contributed by atoms with Crippen LogP contribution in [-0.2, 0) is 11.8 Å². The standard InChI is InChI=1S/C22H20F8N4/c1-31-5-6-32(2)19-11-12-20(16(26)15(19)25)34(4)8-7-33(3)18-10(22(12,29)30)9(21(11,27)28)17(31)13(23)14(18)24/h5-8H2,1-4H3. The molecule has 5 rings (SSSR count). The number of hydrogen-bond donors (Lipinski definition) is 0. The molecule has 12 heteroatoms. The van der Waals surface area contributed by atoms with Gasteiger partial charge in [0.1, 0.15) is 0 Å². The summed E-state index contributed by atoms with van der Waals surface area (Å²) >= 11 is 0. The van der Waals surface area contributed by atoms with Gasteiger partial charge in [0.05, 0.1) is 45.0 Å². The second-order valence-electron chi connectivity index (χ2n) is 8.99. The van der Waals surface area contributed by atoms with Gasteiger partial charge in [-0.2, -0.15) is 17.6 Å². The first kappa shape index (κ1) is 22.9. The Bertz CT molecular complexity index is 1060. The third-order valence-electron chi connectivity index (χ3n) is 6.99. The number of nitrogens with zero attached hydrogens (tertiary/aromatic N) is 4. The van der Waals surface area contributed by atoms with Crippen LogP contribution in [0.4, 0.5) is 57.9 Å². The summed E-state index contributed by atoms with van der Waals surface area (Å²) in [4.78, 5) is 3.61. The van der Waals surface area contributed by atoms with Crippen molar-refractivity contribution in [3.8, 4) is 0 Å². The summed E-state index contributed by atoms with van der Waals surface area (Å²) in [7, 11) is 4.62. The zero-order valence-electron chi connectivity index (χ0n) is 18.6. The van der Waals surface area contributed by atoms with Crippen LogP contribution in [0.2, 0.25) is 0 Å². The van der Waals surface area contributed by atoms with E-state index in [4.69, 9.17) is 0 Å². The highest BCUT2D eigenvalue weighted by atomic mass is 19.3. The molecule has 4 nitrogen and oxygen atoms in total. The molecular formula is C22H20F8N4. The number of anilines is 4. The van der Waals surface area contributed by atoms with Gasteiger partial charge >= 0.3 is 11.8 Å². The van der Waals surface area contributed by atoms with Crippen LogP contribution in [0.15, 0.2) is 0 Å². The van der Waals surface area contributed by atoms with Gasteiger partial charge in [-0.3, -0.25) is 0 Å². The van der Waals surface area contributed by atoms with Gasteiger partial charge in [0.15, 0.2) is 23.3 Å². The number of hydrogen-bond acceptors (Lipinski definition) is 4. The number of alkyl halides is 4. The molecule has 3 aliphatic rings. The van der Waals surface area contributed by atoms with Crippen LogP contribution in [-0.4, -0.2) is 54.4 Å². The van der Waals surface area contributed by atoms with E-state index in [-0.39, 0.29) is 26.2 Å². The topological polar surface area (TPSA) is 13.0 Å². The molecule has 2 heterocycles. The molecule has 2 aromatic carbocycles. The van der Waals surface area contributed by atoms with Gasteiger partial charge in [-0.1, -0.05) is 0 Å². The second kappa shape index (κ2) is 6.82. The lowest BCUT2D eigenvalue weighted by atomic mass is 9.76. The van der Waals surface area contributed by atoms with Crippen molar-refractivity contribution in [2.45, 2.75) is 11.8 Å². The van der Waals surface area contributed by atoms with Crippen molar-refractivity contribution in [1.29, 1.82) is 0 Å². The first-order valence-corrected chi connectivity index (χ1v) is 10.5. The lowest BCUT2D eigenvalue weighted by Crippen LogP contribution is -2.39. The van der Waals surface area contributed by atoms with Crippen molar-refractivity contribution in [3.05, 3.63) is 45.5 Å². The second-order valence-corrected chi connectivity index (χ2v) is 8.99. The molecule has 0 saturated carbocycles. The van der Waals surface area contributed by atoms with E-state index >= 15 is 35.1 Å². The molecule has 0 fully saturated rings. The highest BCUT2D eigenvalue weighted by Gasteiger charge is 2.62. The summed E-state index contributed by atoms with van der Waals surface area (Å²) in [5.41, 5.74) is -9.87. The van der Waals surface area contributed by atoms with Crippen molar-refractivity contribution in [1.82, 2.24) is 0 Å². The Morgan fingerprint density at radius 2 is 0.618 bits per heavy atom. The highest BCUT2D eigenvalue weighted by Crippen LogP contribution is 2.64. The fourth-order valence-corrected chi connectivity index (χ4v) is 5.28. The third kappa shape index (κ3) is 2.54. The van der Waals surface area contributed by atoms with Crippen LogP contribution in [0.1, 0.15) is 22.3 Å². The van der Waals surface area contributed by atoms with E-state index in [9.17, 15) is 0 Å². The van der Waals surface area contributed by atoms with E-state index in [1.54, 1.807) is 0 Å². The lowest BCUT2D eigenvalue weighted by molar-refractivity contribution is -0.0107. The molecule has 0 saturated heterocycles. The molecule has 184 valence electrons. The number of benzene rings is 2. The number of rotatable bonds is 0. The van der Waals surface area contributed by atoms with E-state index in [1.807, 2.05) is 0 Å². The Kier molecular flexibility index (Phi) is 4.58. The maximum atomic E-state index is 16.3. The number of halogens is 8. The third-order valence-corrected chi connectivity index (χ3v) is 6.99. The average molecular weight is 492 g/mol. The maximum Gasteiger partial charge on any atom is 0.303 e. The van der Waals surface area contributed by atoms with E-state index in [0.29, 0.717) is 0 Å². The van der Waals surface area contributed by atoms with Crippen molar-refractivity contribution in [2.75, 3.05) is 74.0 Å². The van der Waals surface area contributed by atoms with Crippen LogP contribution in [0.5, 0.6) is 0 Å².